The Labute approximate surface area is 652 Å². The molecule has 0 bridgehead atoms. The van der Waals surface area contributed by atoms with Gasteiger partial charge in [0.05, 0.1) is 0 Å². The summed E-state index contributed by atoms with van der Waals surface area (Å²) >= 11 is 0. The van der Waals surface area contributed by atoms with Crippen molar-refractivity contribution >= 4 is 0 Å². The van der Waals surface area contributed by atoms with E-state index in [1.54, 1.807) is 0 Å². The molecule has 0 aromatic carbocycles. The molecule has 0 amide bonds. The van der Waals surface area contributed by atoms with E-state index in [1.807, 2.05) is 0 Å². The Morgan fingerprint density at radius 2 is 0.129 bits per heavy atom. The maximum atomic E-state index is 5.45. The van der Waals surface area contributed by atoms with Crippen LogP contribution in [0.3, 0.4) is 0 Å². The van der Waals surface area contributed by atoms with E-state index in [2.05, 4.69) is 0 Å². The van der Waals surface area contributed by atoms with E-state index in [0.29, 0.717) is 48.3 Å². The maximum absolute atomic E-state index is 5.45. The minimum Gasteiger partial charge on any atom is -0.657 e. The van der Waals surface area contributed by atoms with Gasteiger partial charge in [-0.25, -0.2) is 0 Å². The number of hydrogen-bond acceptors (Lipinski definition) is 0. The van der Waals surface area contributed by atoms with Gasteiger partial charge in [0.2, 0.25) is 0 Å². The van der Waals surface area contributed by atoms with Gasteiger partial charge in [0.1, 0.15) is 0 Å². The van der Waals surface area contributed by atoms with Crippen LogP contribution in [0.4, 0.5) is 0 Å². The van der Waals surface area contributed by atoms with E-state index in [9.17, 15) is 0 Å². The summed E-state index contributed by atoms with van der Waals surface area (Å²) < 4.78 is 0. The Morgan fingerprint density at radius 1 is 0.0792 bits per heavy atom. The van der Waals surface area contributed by atoms with Crippen molar-refractivity contribution in [3.63, 3.8) is 0 Å². The van der Waals surface area contributed by atoms with Crippen molar-refractivity contribution in [2.45, 2.75) is 613 Å². The van der Waals surface area contributed by atoms with Gasteiger partial charge in [-0.3, -0.25) is 0 Å². The smallest absolute Gasteiger partial charge is 0.657 e. The second-order valence-corrected chi connectivity index (χ2v) is 35.9. The van der Waals surface area contributed by atoms with Crippen LogP contribution < -0.4 is 0 Å². The third kappa shape index (κ3) is 59.1. The molecule has 8 saturated carbocycles. The van der Waals surface area contributed by atoms with E-state index in [0.717, 1.165) is 0 Å². The van der Waals surface area contributed by atoms with Gasteiger partial charge in [0, 0.05) is 0 Å². The van der Waals surface area contributed by atoms with Crippen LogP contribution in [0.2, 0.25) is 0 Å². The van der Waals surface area contributed by atoms with Crippen LogP contribution >= 0.6 is 0 Å². The SMILES string of the molecule is C1CCCCCC([N-]C2CCCCCCCCCCC2)CCCCC1.C1CCCCCC([N-]C2CCCCCCCCCCC2)CCCCC1.C1CCCCCC([N-]C2CCCCCCCCCCC2)CCCCC1.C1CCCCCC([N-]C2CCCCCCCCCCC2)CCCCC1.[Ti+4]. The fraction of sp³-hybridized carbons (Fsp3) is 1.00. The van der Waals surface area contributed by atoms with Crippen molar-refractivity contribution in [1.82, 2.24) is 0 Å². The fourth-order valence-electron chi connectivity index (χ4n) is 19.5. The van der Waals surface area contributed by atoms with Gasteiger partial charge in [-0.1, -0.05) is 565 Å². The summed E-state index contributed by atoms with van der Waals surface area (Å²) in [5, 5.41) is 21.8. The van der Waals surface area contributed by atoms with Gasteiger partial charge in [-0.15, -0.1) is 48.3 Å². The molecule has 8 aliphatic carbocycles. The Hall–Kier alpha value is 0.554. The van der Waals surface area contributed by atoms with Crippen LogP contribution in [0.5, 0.6) is 0 Å². The molecule has 8 fully saturated rings. The summed E-state index contributed by atoms with van der Waals surface area (Å²) in [5.41, 5.74) is 0. The Bertz CT molecular complexity index is 1180. The molecule has 0 unspecified atom stereocenters. The standard InChI is InChI=1S/4C24H46N.Ti/c4*1-3-7-11-15-19-23(20-16-12-8-4-1)25-24-21-17-13-9-5-2-6-10-14-18-22-24;/h4*23-24H,1-22H2;/q4*-1;+4. The molecule has 4 nitrogen and oxygen atoms in total. The summed E-state index contributed by atoms with van der Waals surface area (Å²) in [7, 11) is 0. The van der Waals surface area contributed by atoms with Gasteiger partial charge < -0.3 is 21.3 Å². The summed E-state index contributed by atoms with van der Waals surface area (Å²) in [4.78, 5) is 0. The fourth-order valence-corrected chi connectivity index (χ4v) is 19.5. The minimum absolute atomic E-state index is 0. The van der Waals surface area contributed by atoms with E-state index in [4.69, 9.17) is 21.3 Å². The molecule has 0 aromatic heterocycles. The van der Waals surface area contributed by atoms with Crippen LogP contribution in [0, 0.1) is 0 Å². The minimum atomic E-state index is 0. The average molecular weight is 1440 g/mol. The van der Waals surface area contributed by atoms with Crippen molar-refractivity contribution in [1.29, 1.82) is 0 Å². The maximum Gasteiger partial charge on any atom is 4.00 e. The second-order valence-electron chi connectivity index (χ2n) is 35.9. The molecule has 0 aliphatic heterocycles. The largest absolute Gasteiger partial charge is 4.00 e. The Balaban J connectivity index is 0.000000285. The molecule has 0 heterocycles. The van der Waals surface area contributed by atoms with Crippen LogP contribution in [-0.4, -0.2) is 48.3 Å². The molecule has 592 valence electrons. The molecule has 0 N–H and O–H groups in total. The molecule has 0 spiro atoms. The van der Waals surface area contributed by atoms with Crippen LogP contribution in [0.25, 0.3) is 21.3 Å². The molecule has 101 heavy (non-hydrogen) atoms. The van der Waals surface area contributed by atoms with E-state index in [-0.39, 0.29) is 21.7 Å². The molecule has 0 atom stereocenters. The van der Waals surface area contributed by atoms with Crippen LogP contribution in [0.15, 0.2) is 0 Å². The first-order valence-electron chi connectivity index (χ1n) is 48.6. The normalized spacial score (nSPS) is 25.7. The zero-order chi connectivity index (χ0) is 69.7. The summed E-state index contributed by atoms with van der Waals surface area (Å²) in [6.07, 6.45) is 127. The van der Waals surface area contributed by atoms with Gasteiger partial charge in [-0.2, -0.15) is 0 Å². The molecule has 5 heteroatoms. The molecule has 0 radical (unpaired) electrons. The first-order valence-corrected chi connectivity index (χ1v) is 48.6. The predicted molar refractivity (Wildman–Crippen MR) is 450 cm³/mol. The Kier molecular flexibility index (Phi) is 68.2. The zero-order valence-electron chi connectivity index (χ0n) is 69.1. The predicted octanol–water partition coefficient (Wildman–Crippen LogP) is 34.8. The number of hydrogen-bond donors (Lipinski definition) is 0. The molecular weight excluding hydrogens is 1260 g/mol. The van der Waals surface area contributed by atoms with Crippen molar-refractivity contribution in [2.24, 2.45) is 0 Å². The third-order valence-electron chi connectivity index (χ3n) is 26.3. The summed E-state index contributed by atoms with van der Waals surface area (Å²) in [5.74, 6) is 0. The first kappa shape index (κ1) is 93.9. The van der Waals surface area contributed by atoms with Crippen LogP contribution in [-0.2, 0) is 21.7 Å². The Morgan fingerprint density at radius 3 is 0.188 bits per heavy atom. The van der Waals surface area contributed by atoms with Gasteiger partial charge in [0.15, 0.2) is 0 Å². The molecule has 0 saturated heterocycles. The van der Waals surface area contributed by atoms with Gasteiger partial charge in [0.25, 0.3) is 0 Å². The third-order valence-corrected chi connectivity index (χ3v) is 26.3. The van der Waals surface area contributed by atoms with Crippen molar-refractivity contribution in [3.05, 3.63) is 21.3 Å². The molecule has 8 aliphatic rings. The average Bonchev–Trinajstić information content (AvgIpc) is 2.38. The van der Waals surface area contributed by atoms with Crippen molar-refractivity contribution < 1.29 is 21.7 Å². The molecular formula is C96H184N4Ti. The van der Waals surface area contributed by atoms with Crippen molar-refractivity contribution in [3.8, 4) is 0 Å². The monoisotopic (exact) mass is 1440 g/mol. The first-order chi connectivity index (χ1) is 49.8. The van der Waals surface area contributed by atoms with E-state index >= 15 is 0 Å². The van der Waals surface area contributed by atoms with E-state index in [1.165, 1.54) is 565 Å². The topological polar surface area (TPSA) is 56.4 Å². The quantitative estimate of drug-likeness (QED) is 0.218. The summed E-state index contributed by atoms with van der Waals surface area (Å²) in [6, 6.07) is 5.54. The van der Waals surface area contributed by atoms with Crippen LogP contribution in [0.1, 0.15) is 565 Å². The second kappa shape index (κ2) is 73.4. The summed E-state index contributed by atoms with van der Waals surface area (Å²) in [6.45, 7) is 0. The van der Waals surface area contributed by atoms with Crippen molar-refractivity contribution in [2.75, 3.05) is 0 Å². The molecule has 0 aromatic rings. The van der Waals surface area contributed by atoms with Gasteiger partial charge >= 0.3 is 21.7 Å². The number of rotatable bonds is 8. The zero-order valence-corrected chi connectivity index (χ0v) is 70.7. The molecule has 8 rings (SSSR count). The van der Waals surface area contributed by atoms with Gasteiger partial charge in [-0.05, 0) is 0 Å². The number of nitrogens with zero attached hydrogens (tertiary/aromatic N) is 4. The van der Waals surface area contributed by atoms with E-state index < -0.39 is 0 Å².